The Bertz CT molecular complexity index is 944. The van der Waals surface area contributed by atoms with Crippen molar-refractivity contribution in [2.45, 2.75) is 32.2 Å². The zero-order valence-electron chi connectivity index (χ0n) is 14.7. The highest BCUT2D eigenvalue weighted by Crippen LogP contribution is 2.33. The van der Waals surface area contributed by atoms with Crippen molar-refractivity contribution in [1.82, 2.24) is 20.1 Å². The van der Waals surface area contributed by atoms with Crippen LogP contribution in [0.2, 0.25) is 0 Å². The normalized spacial score (nSPS) is 19.0. The first-order chi connectivity index (χ1) is 12.6. The van der Waals surface area contributed by atoms with Gasteiger partial charge in [-0.25, -0.2) is 9.67 Å². The van der Waals surface area contributed by atoms with Crippen molar-refractivity contribution in [2.24, 2.45) is 0 Å². The fourth-order valence-corrected chi connectivity index (χ4v) is 4.19. The van der Waals surface area contributed by atoms with E-state index >= 15 is 0 Å². The molecule has 4 rings (SSSR count). The van der Waals surface area contributed by atoms with Crippen molar-refractivity contribution >= 4 is 17.2 Å². The molecule has 0 fully saturated rings. The average molecular weight is 364 g/mol. The van der Waals surface area contributed by atoms with E-state index in [1.165, 1.54) is 16.9 Å². The molecule has 1 amide bonds. The number of thiophene rings is 1. The minimum Gasteiger partial charge on any atom is -0.345 e. The summed E-state index contributed by atoms with van der Waals surface area (Å²) in [6.45, 7) is 4.11. The third-order valence-electron chi connectivity index (χ3n) is 4.73. The van der Waals surface area contributed by atoms with E-state index < -0.39 is 0 Å². The molecule has 0 saturated carbocycles. The van der Waals surface area contributed by atoms with Crippen LogP contribution >= 0.6 is 11.3 Å². The minimum atomic E-state index is -0.00655. The number of amides is 1. The second-order valence-corrected chi connectivity index (χ2v) is 7.42. The number of nitrogens with one attached hydrogen (secondary N) is 1. The first-order valence-corrected chi connectivity index (χ1v) is 9.51. The number of hydrogen-bond acceptors (Lipinski definition) is 4. The quantitative estimate of drug-likeness (QED) is 0.717. The molecule has 0 radical (unpaired) electrons. The summed E-state index contributed by atoms with van der Waals surface area (Å²) in [5, 5.41) is 9.71. The Labute approximate surface area is 156 Å². The van der Waals surface area contributed by atoms with E-state index in [2.05, 4.69) is 34.5 Å². The first kappa shape index (κ1) is 16.7. The third kappa shape index (κ3) is 3.08. The maximum absolute atomic E-state index is 12.3. The summed E-state index contributed by atoms with van der Waals surface area (Å²) in [5.41, 5.74) is 3.33. The summed E-state index contributed by atoms with van der Waals surface area (Å²) in [6, 6.07) is 9.61. The molecule has 1 N–H and O–H groups in total. The van der Waals surface area contributed by atoms with Gasteiger partial charge in [0, 0.05) is 29.4 Å². The highest BCUT2D eigenvalue weighted by molar-refractivity contribution is 7.12. The lowest BCUT2D eigenvalue weighted by Gasteiger charge is -2.14. The van der Waals surface area contributed by atoms with Crippen LogP contribution in [0.15, 0.2) is 54.1 Å². The zero-order valence-corrected chi connectivity index (χ0v) is 15.5. The third-order valence-corrected chi connectivity index (χ3v) is 5.60. The first-order valence-electron chi connectivity index (χ1n) is 8.63. The van der Waals surface area contributed by atoms with Crippen LogP contribution in [0.4, 0.5) is 0 Å². The van der Waals surface area contributed by atoms with Crippen molar-refractivity contribution in [3.05, 3.63) is 75.9 Å². The van der Waals surface area contributed by atoms with Gasteiger partial charge in [-0.05, 0) is 43.8 Å². The van der Waals surface area contributed by atoms with Crippen molar-refractivity contribution in [1.29, 1.82) is 0 Å². The Kier molecular flexibility index (Phi) is 4.42. The number of allylic oxidation sites excluding steroid dienone is 1. The number of carbonyl (C=O) groups is 1. The maximum atomic E-state index is 12.3. The topological polar surface area (TPSA) is 59.8 Å². The predicted octanol–water partition coefficient (Wildman–Crippen LogP) is 3.79. The molecule has 132 valence electrons. The molecule has 1 aliphatic carbocycles. The fraction of sp³-hybridized carbons (Fsp3) is 0.250. The molecule has 0 bridgehead atoms. The number of aromatic nitrogens is 3. The summed E-state index contributed by atoms with van der Waals surface area (Å²) in [5.74, 6) is 1.07. The van der Waals surface area contributed by atoms with Gasteiger partial charge in [0.1, 0.15) is 0 Å². The highest BCUT2D eigenvalue weighted by Gasteiger charge is 2.27. The van der Waals surface area contributed by atoms with E-state index in [-0.39, 0.29) is 17.9 Å². The van der Waals surface area contributed by atoms with Gasteiger partial charge in [0.25, 0.3) is 5.91 Å². The number of pyridine rings is 1. The Morgan fingerprint density at radius 3 is 2.85 bits per heavy atom. The summed E-state index contributed by atoms with van der Waals surface area (Å²) in [7, 11) is 0. The van der Waals surface area contributed by atoms with Gasteiger partial charge in [-0.15, -0.1) is 11.3 Å². The van der Waals surface area contributed by atoms with Gasteiger partial charge in [0.2, 0.25) is 0 Å². The van der Waals surface area contributed by atoms with Gasteiger partial charge < -0.3 is 5.32 Å². The number of carbonyl (C=O) groups excluding carboxylic acids is 1. The molecule has 3 heterocycles. The van der Waals surface area contributed by atoms with Gasteiger partial charge in [0.05, 0.1) is 10.6 Å². The van der Waals surface area contributed by atoms with E-state index in [0.717, 1.165) is 28.5 Å². The summed E-state index contributed by atoms with van der Waals surface area (Å²) in [4.78, 5) is 17.4. The maximum Gasteiger partial charge on any atom is 0.261 e. The molecule has 3 aromatic heterocycles. The van der Waals surface area contributed by atoms with E-state index in [1.807, 2.05) is 47.3 Å². The largest absolute Gasteiger partial charge is 0.345 e. The van der Waals surface area contributed by atoms with Gasteiger partial charge in [-0.3, -0.25) is 4.79 Å². The Hall–Kier alpha value is -2.73. The highest BCUT2D eigenvalue weighted by atomic mass is 32.1. The molecule has 2 atom stereocenters. The summed E-state index contributed by atoms with van der Waals surface area (Å²) in [6.07, 6.45) is 6.90. The fourth-order valence-electron chi connectivity index (χ4n) is 3.56. The van der Waals surface area contributed by atoms with E-state index in [9.17, 15) is 4.79 Å². The minimum absolute atomic E-state index is 0.00655. The molecule has 0 spiro atoms. The number of nitrogens with zero attached hydrogens (tertiary/aromatic N) is 3. The second kappa shape index (κ2) is 6.88. The molecule has 0 aliphatic heterocycles. The molecule has 0 saturated heterocycles. The number of rotatable bonds is 4. The summed E-state index contributed by atoms with van der Waals surface area (Å²) >= 11 is 1.46. The van der Waals surface area contributed by atoms with Crippen LogP contribution in [-0.2, 0) is 0 Å². The molecule has 3 aromatic rings. The second-order valence-electron chi connectivity index (χ2n) is 6.47. The summed E-state index contributed by atoms with van der Waals surface area (Å²) < 4.78 is 1.90. The lowest BCUT2D eigenvalue weighted by Crippen LogP contribution is -2.32. The Morgan fingerprint density at radius 1 is 1.23 bits per heavy atom. The molecule has 5 nitrogen and oxygen atoms in total. The van der Waals surface area contributed by atoms with Crippen molar-refractivity contribution in [2.75, 3.05) is 0 Å². The average Bonchev–Trinajstić information content (AvgIpc) is 3.37. The molecule has 1 aliphatic rings. The number of hydrogen-bond donors (Lipinski definition) is 1. The predicted molar refractivity (Wildman–Crippen MR) is 103 cm³/mol. The van der Waals surface area contributed by atoms with Crippen molar-refractivity contribution in [3.8, 4) is 5.82 Å². The van der Waals surface area contributed by atoms with Crippen LogP contribution in [0.5, 0.6) is 0 Å². The van der Waals surface area contributed by atoms with Crippen LogP contribution in [0.3, 0.4) is 0 Å². The smallest absolute Gasteiger partial charge is 0.261 e. The van der Waals surface area contributed by atoms with Gasteiger partial charge in [-0.1, -0.05) is 24.3 Å². The standard InChI is InChI=1S/C20H20N4OS/c1-13-19(14(2)24(23-13)18-7-3-4-10-21-18)15-8-9-16(12-15)22-20(25)17-6-5-11-26-17/h3-11,15-16H,12H2,1-2H3,(H,22,25). The molecular formula is C20H20N4OS. The Balaban J connectivity index is 1.52. The molecule has 0 aromatic carbocycles. The monoisotopic (exact) mass is 364 g/mol. The van der Waals surface area contributed by atoms with Crippen LogP contribution in [-0.4, -0.2) is 26.7 Å². The van der Waals surface area contributed by atoms with Crippen LogP contribution in [0.1, 0.15) is 39.0 Å². The lowest BCUT2D eigenvalue weighted by atomic mass is 9.96. The van der Waals surface area contributed by atoms with E-state index in [4.69, 9.17) is 0 Å². The van der Waals surface area contributed by atoms with E-state index in [1.54, 1.807) is 6.20 Å². The molecule has 2 unspecified atom stereocenters. The van der Waals surface area contributed by atoms with Crippen molar-refractivity contribution in [3.63, 3.8) is 0 Å². The molecule has 6 heteroatoms. The number of aryl methyl sites for hydroxylation is 1. The van der Waals surface area contributed by atoms with Gasteiger partial charge in [0.15, 0.2) is 5.82 Å². The zero-order chi connectivity index (χ0) is 18.1. The SMILES string of the molecule is Cc1nn(-c2ccccn2)c(C)c1C1C=CC(NC(=O)c2cccs2)C1. The van der Waals surface area contributed by atoms with E-state index in [0.29, 0.717) is 0 Å². The Morgan fingerprint density at radius 2 is 2.12 bits per heavy atom. The molecule has 26 heavy (non-hydrogen) atoms. The van der Waals surface area contributed by atoms with Crippen LogP contribution in [0.25, 0.3) is 5.82 Å². The van der Waals surface area contributed by atoms with Crippen LogP contribution < -0.4 is 5.32 Å². The van der Waals surface area contributed by atoms with Crippen LogP contribution in [0, 0.1) is 13.8 Å². The molecular weight excluding hydrogens is 344 g/mol. The van der Waals surface area contributed by atoms with Gasteiger partial charge >= 0.3 is 0 Å². The lowest BCUT2D eigenvalue weighted by molar-refractivity contribution is 0.0948. The van der Waals surface area contributed by atoms with Gasteiger partial charge in [-0.2, -0.15) is 5.10 Å². The van der Waals surface area contributed by atoms with Crippen molar-refractivity contribution < 1.29 is 4.79 Å².